The summed E-state index contributed by atoms with van der Waals surface area (Å²) in [5.41, 5.74) is 0.864. The molecule has 4 nitrogen and oxygen atoms in total. The molecule has 0 heterocycles. The van der Waals surface area contributed by atoms with E-state index in [2.05, 4.69) is 13.0 Å². The smallest absolute Gasteiger partial charge is 0.0925 e. The molecule has 0 aromatic rings. The minimum absolute atomic E-state index is 0.189. The topological polar surface area (TPSA) is 52.9 Å². The Morgan fingerprint density at radius 2 is 2.14 bits per heavy atom. The van der Waals surface area contributed by atoms with Crippen LogP contribution in [0.1, 0.15) is 40.0 Å². The van der Waals surface area contributed by atoms with Crippen LogP contribution < -0.4 is 0 Å². The summed E-state index contributed by atoms with van der Waals surface area (Å²) in [5, 5.41) is 17.1. The molecular formula is C10H19NO3. The summed E-state index contributed by atoms with van der Waals surface area (Å²) >= 11 is 0. The molecule has 1 unspecified atom stereocenters. The third-order valence-electron chi connectivity index (χ3n) is 2.94. The van der Waals surface area contributed by atoms with Gasteiger partial charge in [0.2, 0.25) is 0 Å². The Morgan fingerprint density at radius 1 is 1.50 bits per heavy atom. The normalized spacial score (nSPS) is 23.9. The average Bonchev–Trinajstić information content (AvgIpc) is 2.02. The van der Waals surface area contributed by atoms with E-state index in [0.29, 0.717) is 5.92 Å². The summed E-state index contributed by atoms with van der Waals surface area (Å²) in [6, 6.07) is 0. The predicted molar refractivity (Wildman–Crippen MR) is 51.7 cm³/mol. The van der Waals surface area contributed by atoms with Gasteiger partial charge in [-0.15, -0.1) is 0 Å². The van der Waals surface area contributed by atoms with Gasteiger partial charge in [0.25, 0.3) is 0 Å². The van der Waals surface area contributed by atoms with Crippen LogP contribution in [0.2, 0.25) is 0 Å². The van der Waals surface area contributed by atoms with E-state index in [1.165, 1.54) is 5.57 Å². The number of rotatable bonds is 3. The number of hydrogen-bond donors (Lipinski definition) is 2. The number of nitrogens with zero attached hydrogens (tertiary/aromatic N) is 1. The Bertz CT molecular complexity index is 223. The Labute approximate surface area is 84.7 Å². The largest absolute Gasteiger partial charge is 0.266 e. The zero-order chi connectivity index (χ0) is 10.8. The van der Waals surface area contributed by atoms with Crippen molar-refractivity contribution in [3.63, 3.8) is 0 Å². The minimum Gasteiger partial charge on any atom is -0.266 e. The molecule has 0 saturated carbocycles. The molecule has 14 heavy (non-hydrogen) atoms. The highest BCUT2D eigenvalue weighted by Crippen LogP contribution is 2.34. The van der Waals surface area contributed by atoms with Crippen molar-refractivity contribution in [2.45, 2.75) is 45.6 Å². The van der Waals surface area contributed by atoms with E-state index in [9.17, 15) is 0 Å². The lowest BCUT2D eigenvalue weighted by molar-refractivity contribution is -0.521. The second-order valence-corrected chi connectivity index (χ2v) is 4.47. The van der Waals surface area contributed by atoms with Gasteiger partial charge < -0.3 is 0 Å². The Balaban J connectivity index is 2.56. The van der Waals surface area contributed by atoms with Crippen LogP contribution in [0.3, 0.4) is 0 Å². The summed E-state index contributed by atoms with van der Waals surface area (Å²) in [5.74, 6) is 0.327. The second kappa shape index (κ2) is 4.40. The van der Waals surface area contributed by atoms with Crippen LogP contribution in [0.4, 0.5) is 0 Å². The molecule has 0 spiro atoms. The molecule has 4 heteroatoms. The molecular weight excluding hydrogens is 182 g/mol. The van der Waals surface area contributed by atoms with Crippen LogP contribution in [-0.2, 0) is 4.84 Å². The van der Waals surface area contributed by atoms with E-state index in [-0.39, 0.29) is 5.39 Å². The molecule has 0 bridgehead atoms. The molecule has 0 amide bonds. The molecule has 1 aliphatic carbocycles. The van der Waals surface area contributed by atoms with Gasteiger partial charge in [-0.1, -0.05) is 11.6 Å². The van der Waals surface area contributed by atoms with Crippen molar-refractivity contribution in [3.05, 3.63) is 11.6 Å². The minimum atomic E-state index is -0.541. The Hall–Kier alpha value is -0.420. The Kier molecular flexibility index (Phi) is 3.66. The van der Waals surface area contributed by atoms with E-state index < -0.39 is 5.60 Å². The van der Waals surface area contributed by atoms with Gasteiger partial charge in [0, 0.05) is 0 Å². The zero-order valence-corrected chi connectivity index (χ0v) is 9.03. The van der Waals surface area contributed by atoms with E-state index in [0.717, 1.165) is 19.3 Å². The first kappa shape index (κ1) is 11.7. The predicted octanol–water partition coefficient (Wildman–Crippen LogP) is 2.52. The van der Waals surface area contributed by atoms with Gasteiger partial charge in [0.05, 0.1) is 11.0 Å². The SMILES string of the molecule is CC1=CCC(C(C)(C)ON(O)O)CC1. The maximum absolute atomic E-state index is 8.62. The lowest BCUT2D eigenvalue weighted by atomic mass is 9.80. The van der Waals surface area contributed by atoms with Gasteiger partial charge in [0.15, 0.2) is 0 Å². The Morgan fingerprint density at radius 3 is 2.57 bits per heavy atom. The maximum Gasteiger partial charge on any atom is 0.0925 e. The van der Waals surface area contributed by atoms with E-state index >= 15 is 0 Å². The van der Waals surface area contributed by atoms with Crippen molar-refractivity contribution in [1.29, 1.82) is 0 Å². The van der Waals surface area contributed by atoms with Crippen LogP contribution in [-0.4, -0.2) is 21.4 Å². The van der Waals surface area contributed by atoms with E-state index in [4.69, 9.17) is 15.3 Å². The van der Waals surface area contributed by atoms with Gasteiger partial charge in [-0.3, -0.25) is 10.4 Å². The van der Waals surface area contributed by atoms with Gasteiger partial charge in [0.1, 0.15) is 0 Å². The summed E-state index contributed by atoms with van der Waals surface area (Å²) in [4.78, 5) is 4.93. The van der Waals surface area contributed by atoms with Crippen LogP contribution in [0.25, 0.3) is 0 Å². The maximum atomic E-state index is 8.62. The van der Waals surface area contributed by atoms with Crippen molar-refractivity contribution in [1.82, 2.24) is 5.39 Å². The highest BCUT2D eigenvalue weighted by molar-refractivity contribution is 5.05. The van der Waals surface area contributed by atoms with Crippen molar-refractivity contribution >= 4 is 0 Å². The molecule has 0 aromatic carbocycles. The second-order valence-electron chi connectivity index (χ2n) is 4.47. The van der Waals surface area contributed by atoms with Crippen LogP contribution in [0.5, 0.6) is 0 Å². The summed E-state index contributed by atoms with van der Waals surface area (Å²) in [7, 11) is 0. The lowest BCUT2D eigenvalue weighted by Gasteiger charge is -2.35. The van der Waals surface area contributed by atoms with E-state index in [1.807, 2.05) is 13.8 Å². The first-order valence-electron chi connectivity index (χ1n) is 4.94. The molecule has 82 valence electrons. The van der Waals surface area contributed by atoms with Crippen LogP contribution in [0.15, 0.2) is 11.6 Å². The van der Waals surface area contributed by atoms with Crippen molar-refractivity contribution in [3.8, 4) is 0 Å². The fourth-order valence-corrected chi connectivity index (χ4v) is 1.88. The first-order chi connectivity index (χ1) is 6.42. The summed E-state index contributed by atoms with van der Waals surface area (Å²) in [6.07, 6.45) is 5.22. The number of allylic oxidation sites excluding steroid dienone is 2. The van der Waals surface area contributed by atoms with Crippen LogP contribution >= 0.6 is 0 Å². The third kappa shape index (κ3) is 3.06. The molecule has 0 aliphatic heterocycles. The average molecular weight is 201 g/mol. The third-order valence-corrected chi connectivity index (χ3v) is 2.94. The van der Waals surface area contributed by atoms with Gasteiger partial charge in [-0.05, 0) is 46.0 Å². The van der Waals surface area contributed by atoms with E-state index in [1.54, 1.807) is 0 Å². The van der Waals surface area contributed by atoms with Crippen LogP contribution in [0, 0.1) is 5.92 Å². The molecule has 1 rings (SSSR count). The zero-order valence-electron chi connectivity index (χ0n) is 9.03. The monoisotopic (exact) mass is 201 g/mol. The summed E-state index contributed by atoms with van der Waals surface area (Å²) < 4.78 is 0. The number of hydrogen-bond acceptors (Lipinski definition) is 4. The quantitative estimate of drug-likeness (QED) is 0.544. The van der Waals surface area contributed by atoms with Crippen molar-refractivity contribution < 1.29 is 15.3 Å². The highest BCUT2D eigenvalue weighted by atomic mass is 17.1. The van der Waals surface area contributed by atoms with Crippen molar-refractivity contribution in [2.24, 2.45) is 5.92 Å². The molecule has 0 fully saturated rings. The van der Waals surface area contributed by atoms with Gasteiger partial charge in [-0.25, -0.2) is 4.84 Å². The molecule has 1 aliphatic rings. The fraction of sp³-hybridized carbons (Fsp3) is 0.800. The first-order valence-corrected chi connectivity index (χ1v) is 4.94. The standard InChI is InChI=1S/C10H19NO3/c1-8-4-6-9(7-5-8)10(2,3)14-11(12)13/h4,9,12-13H,5-7H2,1-3H3. The lowest BCUT2D eigenvalue weighted by Crippen LogP contribution is -2.40. The fourth-order valence-electron chi connectivity index (χ4n) is 1.88. The van der Waals surface area contributed by atoms with Gasteiger partial charge >= 0.3 is 0 Å². The molecule has 1 atom stereocenters. The highest BCUT2D eigenvalue weighted by Gasteiger charge is 2.33. The molecule has 0 radical (unpaired) electrons. The van der Waals surface area contributed by atoms with Crippen molar-refractivity contribution in [2.75, 3.05) is 0 Å². The summed E-state index contributed by atoms with van der Waals surface area (Å²) in [6.45, 7) is 5.85. The molecule has 2 N–H and O–H groups in total. The molecule has 0 saturated heterocycles. The molecule has 0 aromatic heterocycles. The van der Waals surface area contributed by atoms with Gasteiger partial charge in [-0.2, -0.15) is 0 Å².